The van der Waals surface area contributed by atoms with Crippen molar-refractivity contribution in [2.75, 3.05) is 0 Å². The zero-order valence-electron chi connectivity index (χ0n) is 13.3. The summed E-state index contributed by atoms with van der Waals surface area (Å²) in [4.78, 5) is 12.3. The van der Waals surface area contributed by atoms with Crippen LogP contribution in [0.4, 0.5) is 0 Å². The molecule has 3 atom stereocenters. The van der Waals surface area contributed by atoms with Gasteiger partial charge in [0.15, 0.2) is 11.4 Å². The molecule has 5 rings (SSSR count). The highest BCUT2D eigenvalue weighted by atomic mass is 16.8. The number of ether oxygens (including phenoxy) is 2. The van der Waals surface area contributed by atoms with Crippen LogP contribution in [0.1, 0.15) is 29.5 Å². The predicted molar refractivity (Wildman–Crippen MR) is 89.3 cm³/mol. The molecule has 0 N–H and O–H groups in total. The van der Waals surface area contributed by atoms with E-state index in [4.69, 9.17) is 9.47 Å². The van der Waals surface area contributed by atoms with E-state index in [0.717, 1.165) is 23.1 Å². The summed E-state index contributed by atoms with van der Waals surface area (Å²) in [6.07, 6.45) is 1.03. The molecule has 2 aromatic rings. The molecule has 2 bridgehead atoms. The van der Waals surface area contributed by atoms with Crippen LogP contribution in [0.2, 0.25) is 0 Å². The topological polar surface area (TPSA) is 35.5 Å². The summed E-state index contributed by atoms with van der Waals surface area (Å²) in [5, 5.41) is 0. The summed E-state index contributed by atoms with van der Waals surface area (Å²) < 4.78 is 12.7. The van der Waals surface area contributed by atoms with E-state index in [1.807, 2.05) is 30.3 Å². The molecule has 0 aromatic heterocycles. The fourth-order valence-electron chi connectivity index (χ4n) is 4.66. The Balaban J connectivity index is 1.81. The first-order chi connectivity index (χ1) is 11.7. The molecule has 0 saturated carbocycles. The molecule has 3 heteroatoms. The molecule has 2 heterocycles. The molecule has 0 unspecified atom stereocenters. The number of hydrogen-bond donors (Lipinski definition) is 0. The van der Waals surface area contributed by atoms with Crippen LogP contribution in [0, 0.1) is 0 Å². The van der Waals surface area contributed by atoms with Gasteiger partial charge in [-0.05, 0) is 35.1 Å². The Labute approximate surface area is 140 Å². The van der Waals surface area contributed by atoms with E-state index in [-0.39, 0.29) is 5.78 Å². The van der Waals surface area contributed by atoms with Gasteiger partial charge in [0.05, 0.1) is 0 Å². The van der Waals surface area contributed by atoms with Crippen molar-refractivity contribution >= 4 is 5.78 Å². The minimum Gasteiger partial charge on any atom is -0.331 e. The quantitative estimate of drug-likeness (QED) is 0.753. The van der Waals surface area contributed by atoms with Gasteiger partial charge in [0, 0.05) is 6.42 Å². The van der Waals surface area contributed by atoms with Crippen LogP contribution in [0.15, 0.2) is 66.7 Å². The van der Waals surface area contributed by atoms with Crippen molar-refractivity contribution < 1.29 is 14.3 Å². The molecular weight excluding hydrogens is 300 g/mol. The Morgan fingerprint density at radius 3 is 2.58 bits per heavy atom. The van der Waals surface area contributed by atoms with Gasteiger partial charge in [-0.1, -0.05) is 61.2 Å². The van der Waals surface area contributed by atoms with E-state index in [2.05, 4.69) is 30.8 Å². The fraction of sp³-hybridized carbons (Fsp3) is 0.286. The van der Waals surface area contributed by atoms with Crippen molar-refractivity contribution in [2.45, 2.75) is 36.8 Å². The van der Waals surface area contributed by atoms with Gasteiger partial charge in [-0.3, -0.25) is 4.79 Å². The van der Waals surface area contributed by atoms with Crippen LogP contribution in [0.5, 0.6) is 0 Å². The lowest BCUT2D eigenvalue weighted by molar-refractivity contribution is -0.163. The maximum absolute atomic E-state index is 12.3. The van der Waals surface area contributed by atoms with E-state index in [0.29, 0.717) is 12.8 Å². The lowest BCUT2D eigenvalue weighted by atomic mass is 9.69. The van der Waals surface area contributed by atoms with E-state index in [1.165, 1.54) is 5.56 Å². The molecule has 1 spiro atoms. The summed E-state index contributed by atoms with van der Waals surface area (Å²) in [5.74, 6) is 0.0237. The number of carbonyl (C=O) groups is 1. The van der Waals surface area contributed by atoms with E-state index in [1.54, 1.807) is 0 Å². The van der Waals surface area contributed by atoms with Gasteiger partial charge in [0.25, 0.3) is 0 Å². The monoisotopic (exact) mass is 318 g/mol. The number of benzene rings is 2. The van der Waals surface area contributed by atoms with E-state index < -0.39 is 17.5 Å². The van der Waals surface area contributed by atoms with Crippen LogP contribution in [-0.4, -0.2) is 12.1 Å². The van der Waals surface area contributed by atoms with Crippen LogP contribution in [0.25, 0.3) is 0 Å². The third-order valence-electron chi connectivity index (χ3n) is 5.69. The van der Waals surface area contributed by atoms with Gasteiger partial charge in [-0.15, -0.1) is 0 Å². The van der Waals surface area contributed by atoms with Gasteiger partial charge in [0.1, 0.15) is 5.60 Å². The van der Waals surface area contributed by atoms with Crippen LogP contribution >= 0.6 is 0 Å². The Bertz CT molecular complexity index is 856. The molecule has 2 saturated heterocycles. The first kappa shape index (κ1) is 14.1. The highest BCUT2D eigenvalue weighted by molar-refractivity contribution is 5.84. The van der Waals surface area contributed by atoms with Gasteiger partial charge in [-0.2, -0.15) is 0 Å². The molecular formula is C21H18O3. The highest BCUT2D eigenvalue weighted by Gasteiger charge is 2.69. The molecule has 2 fully saturated rings. The van der Waals surface area contributed by atoms with Gasteiger partial charge < -0.3 is 9.47 Å². The van der Waals surface area contributed by atoms with Gasteiger partial charge in [-0.25, -0.2) is 0 Å². The summed E-state index contributed by atoms with van der Waals surface area (Å²) in [5.41, 5.74) is 2.87. The average molecular weight is 318 g/mol. The lowest BCUT2D eigenvalue weighted by Gasteiger charge is -2.42. The number of ketones is 1. The van der Waals surface area contributed by atoms with Gasteiger partial charge >= 0.3 is 0 Å². The second kappa shape index (κ2) is 4.65. The van der Waals surface area contributed by atoms with Crippen LogP contribution < -0.4 is 0 Å². The minimum atomic E-state index is -0.804. The third kappa shape index (κ3) is 1.52. The van der Waals surface area contributed by atoms with E-state index in [9.17, 15) is 4.79 Å². The normalized spacial score (nSPS) is 33.9. The summed E-state index contributed by atoms with van der Waals surface area (Å²) in [6, 6.07) is 18.4. The number of carbonyl (C=O) groups excluding carboxylic acids is 1. The molecule has 1 aliphatic carbocycles. The molecule has 3 aliphatic rings. The summed E-state index contributed by atoms with van der Waals surface area (Å²) in [6.45, 7) is 4.34. The first-order valence-corrected chi connectivity index (χ1v) is 8.38. The zero-order valence-corrected chi connectivity index (χ0v) is 13.3. The van der Waals surface area contributed by atoms with Crippen molar-refractivity contribution in [1.29, 1.82) is 0 Å². The second-order valence-electron chi connectivity index (χ2n) is 6.85. The van der Waals surface area contributed by atoms with Crippen molar-refractivity contribution in [3.05, 3.63) is 83.4 Å². The predicted octanol–water partition coefficient (Wildman–Crippen LogP) is 3.63. The average Bonchev–Trinajstić information content (AvgIpc) is 3.08. The lowest BCUT2D eigenvalue weighted by Crippen LogP contribution is -2.47. The second-order valence-corrected chi connectivity index (χ2v) is 6.85. The van der Waals surface area contributed by atoms with Crippen molar-refractivity contribution in [2.24, 2.45) is 0 Å². The molecule has 0 amide bonds. The Morgan fingerprint density at radius 1 is 1.00 bits per heavy atom. The highest BCUT2D eigenvalue weighted by Crippen LogP contribution is 2.63. The number of rotatable bonds is 1. The van der Waals surface area contributed by atoms with Crippen LogP contribution in [0.3, 0.4) is 0 Å². The maximum atomic E-state index is 12.3. The van der Waals surface area contributed by atoms with Crippen molar-refractivity contribution in [3.8, 4) is 0 Å². The molecule has 120 valence electrons. The maximum Gasteiger partial charge on any atom is 0.220 e. The molecule has 2 aromatic carbocycles. The van der Waals surface area contributed by atoms with Gasteiger partial charge in [0.2, 0.25) is 6.29 Å². The SMILES string of the molecule is C=C1Cc2ccccc2[C@@]12O[C@H]1O[C@]2(c2ccccc2)CCC1=O. The fourth-order valence-corrected chi connectivity index (χ4v) is 4.66. The third-order valence-corrected chi connectivity index (χ3v) is 5.69. The Morgan fingerprint density at radius 2 is 1.75 bits per heavy atom. The number of fused-ring (bicyclic) bond motifs is 5. The molecule has 24 heavy (non-hydrogen) atoms. The Hall–Kier alpha value is -2.23. The minimum absolute atomic E-state index is 0.0237. The van der Waals surface area contributed by atoms with Crippen molar-refractivity contribution in [3.63, 3.8) is 0 Å². The molecule has 0 radical (unpaired) electrons. The largest absolute Gasteiger partial charge is 0.331 e. The summed E-state index contributed by atoms with van der Waals surface area (Å²) in [7, 11) is 0. The van der Waals surface area contributed by atoms with E-state index >= 15 is 0 Å². The standard InChI is InChI=1S/C21H18O3/c1-14-13-15-7-5-6-10-17(15)21(14)20(16-8-3-2-4-9-16)12-11-18(22)19(23-20)24-21/h2-10,19H,1,11-13H2/t19-,20+,21+/m1/s1. The zero-order chi connectivity index (χ0) is 16.4. The first-order valence-electron chi connectivity index (χ1n) is 8.38. The Kier molecular flexibility index (Phi) is 2.74. The molecule has 3 nitrogen and oxygen atoms in total. The number of Topliss-reactive ketones (excluding diaryl/α,β-unsaturated/α-hetero) is 1. The van der Waals surface area contributed by atoms with Crippen molar-refractivity contribution in [1.82, 2.24) is 0 Å². The number of hydrogen-bond acceptors (Lipinski definition) is 3. The summed E-state index contributed by atoms with van der Waals surface area (Å²) >= 11 is 0. The van der Waals surface area contributed by atoms with Crippen LogP contribution in [-0.2, 0) is 31.9 Å². The smallest absolute Gasteiger partial charge is 0.220 e. The molecule has 2 aliphatic heterocycles.